The van der Waals surface area contributed by atoms with Gasteiger partial charge in [-0.3, -0.25) is 14.9 Å². The van der Waals surface area contributed by atoms with Crippen LogP contribution in [0.4, 0.5) is 5.69 Å². The second kappa shape index (κ2) is 7.15. The van der Waals surface area contributed by atoms with Crippen LogP contribution in [0.1, 0.15) is 33.2 Å². The quantitative estimate of drug-likeness (QED) is 0.396. The summed E-state index contributed by atoms with van der Waals surface area (Å²) in [5.41, 5.74) is 4.71. The summed E-state index contributed by atoms with van der Waals surface area (Å²) in [6.45, 7) is 0.574. The third-order valence-electron chi connectivity index (χ3n) is 5.74. The van der Waals surface area contributed by atoms with Gasteiger partial charge in [0.2, 0.25) is 0 Å². The van der Waals surface area contributed by atoms with Gasteiger partial charge in [-0.1, -0.05) is 36.4 Å². The number of non-ortho nitro benzene ring substituents is 1. The van der Waals surface area contributed by atoms with Crippen LogP contribution >= 0.6 is 0 Å². The van der Waals surface area contributed by atoms with Crippen LogP contribution in [0.15, 0.2) is 78.9 Å². The average molecular weight is 397 g/mol. The normalized spacial score (nSPS) is 15.7. The minimum atomic E-state index is -0.411. The molecule has 0 saturated carbocycles. The van der Waals surface area contributed by atoms with E-state index in [4.69, 9.17) is 0 Å². The van der Waals surface area contributed by atoms with Gasteiger partial charge in [0.15, 0.2) is 0 Å². The number of fused-ring (bicyclic) bond motifs is 3. The molecule has 0 aliphatic carbocycles. The highest BCUT2D eigenvalue weighted by molar-refractivity contribution is 5.95. The molecule has 1 aliphatic rings. The molecule has 1 aromatic heterocycles. The van der Waals surface area contributed by atoms with Crippen LogP contribution in [0.25, 0.3) is 10.9 Å². The molecule has 0 saturated heterocycles. The van der Waals surface area contributed by atoms with Crippen LogP contribution in [0.2, 0.25) is 0 Å². The first-order valence-electron chi connectivity index (χ1n) is 9.83. The van der Waals surface area contributed by atoms with Gasteiger partial charge < -0.3 is 9.88 Å². The van der Waals surface area contributed by atoms with Crippen molar-refractivity contribution in [2.45, 2.75) is 12.5 Å². The number of hydrogen-bond acceptors (Lipinski definition) is 3. The van der Waals surface area contributed by atoms with Gasteiger partial charge in [-0.05, 0) is 47.9 Å². The Morgan fingerprint density at radius 3 is 2.40 bits per heavy atom. The fraction of sp³-hybridized carbons (Fsp3) is 0.125. The monoisotopic (exact) mass is 397 g/mol. The molecule has 6 nitrogen and oxygen atoms in total. The highest BCUT2D eigenvalue weighted by Gasteiger charge is 2.35. The molecule has 1 atom stereocenters. The van der Waals surface area contributed by atoms with Crippen molar-refractivity contribution in [1.82, 2.24) is 9.88 Å². The number of nitro benzene ring substituents is 1. The standard InChI is InChI=1S/C24H19N3O3/c28-24(17-6-2-1-3-7-17)26-15-14-20-19-8-4-5-9-21(19)25-22(20)23(26)16-10-12-18(13-11-16)27(29)30/h1-13,23,25H,14-15H2/t23-/m1/s1. The number of para-hydroxylation sites is 1. The molecule has 0 spiro atoms. The summed E-state index contributed by atoms with van der Waals surface area (Å²) in [6.07, 6.45) is 0.751. The zero-order valence-electron chi connectivity index (χ0n) is 16.1. The Bertz CT molecular complexity index is 1250. The summed E-state index contributed by atoms with van der Waals surface area (Å²) in [5, 5.41) is 12.3. The second-order valence-corrected chi connectivity index (χ2v) is 7.43. The largest absolute Gasteiger partial charge is 0.356 e. The molecule has 3 aromatic carbocycles. The minimum absolute atomic E-state index is 0.0346. The maximum atomic E-state index is 13.4. The van der Waals surface area contributed by atoms with E-state index in [1.54, 1.807) is 12.1 Å². The molecule has 1 amide bonds. The van der Waals surface area contributed by atoms with Crippen molar-refractivity contribution in [2.75, 3.05) is 6.54 Å². The summed E-state index contributed by atoms with van der Waals surface area (Å²) in [4.78, 5) is 29.4. The van der Waals surface area contributed by atoms with Crippen LogP contribution in [0.3, 0.4) is 0 Å². The van der Waals surface area contributed by atoms with Crippen molar-refractivity contribution in [1.29, 1.82) is 0 Å². The molecule has 6 heteroatoms. The van der Waals surface area contributed by atoms with E-state index in [1.165, 1.54) is 17.7 Å². The van der Waals surface area contributed by atoms with Gasteiger partial charge >= 0.3 is 0 Å². The molecular formula is C24H19N3O3. The van der Waals surface area contributed by atoms with Crippen LogP contribution in [0, 0.1) is 10.1 Å². The molecular weight excluding hydrogens is 378 g/mol. The number of amides is 1. The number of nitrogens with one attached hydrogen (secondary N) is 1. The lowest BCUT2D eigenvalue weighted by Crippen LogP contribution is -2.40. The van der Waals surface area contributed by atoms with E-state index in [1.807, 2.05) is 53.4 Å². The van der Waals surface area contributed by atoms with E-state index >= 15 is 0 Å². The van der Waals surface area contributed by atoms with E-state index in [9.17, 15) is 14.9 Å². The predicted molar refractivity (Wildman–Crippen MR) is 114 cm³/mol. The molecule has 30 heavy (non-hydrogen) atoms. The summed E-state index contributed by atoms with van der Waals surface area (Å²) >= 11 is 0. The summed E-state index contributed by atoms with van der Waals surface area (Å²) in [7, 11) is 0. The molecule has 5 rings (SSSR count). The van der Waals surface area contributed by atoms with E-state index in [0.29, 0.717) is 12.1 Å². The van der Waals surface area contributed by atoms with E-state index in [-0.39, 0.29) is 17.6 Å². The van der Waals surface area contributed by atoms with Crippen molar-refractivity contribution >= 4 is 22.5 Å². The SMILES string of the molecule is O=C(c1ccccc1)N1CCc2c([nH]c3ccccc23)[C@H]1c1ccc([N+](=O)[O-])cc1. The fourth-order valence-corrected chi connectivity index (χ4v) is 4.33. The summed E-state index contributed by atoms with van der Waals surface area (Å²) < 4.78 is 0. The molecule has 0 radical (unpaired) electrons. The third kappa shape index (κ3) is 2.93. The number of nitrogens with zero attached hydrogens (tertiary/aromatic N) is 2. The van der Waals surface area contributed by atoms with E-state index in [2.05, 4.69) is 11.1 Å². The highest BCUT2D eigenvalue weighted by atomic mass is 16.6. The van der Waals surface area contributed by atoms with Crippen LogP contribution < -0.4 is 0 Å². The lowest BCUT2D eigenvalue weighted by molar-refractivity contribution is -0.384. The lowest BCUT2D eigenvalue weighted by atomic mass is 9.91. The Kier molecular flexibility index (Phi) is 4.32. The smallest absolute Gasteiger partial charge is 0.269 e. The topological polar surface area (TPSA) is 79.2 Å². The molecule has 0 unspecified atom stereocenters. The van der Waals surface area contributed by atoms with Gasteiger partial charge in [-0.15, -0.1) is 0 Å². The van der Waals surface area contributed by atoms with Crippen LogP contribution in [0.5, 0.6) is 0 Å². The van der Waals surface area contributed by atoms with Crippen LogP contribution in [-0.4, -0.2) is 27.3 Å². The van der Waals surface area contributed by atoms with Crippen LogP contribution in [-0.2, 0) is 6.42 Å². The number of benzene rings is 3. The zero-order chi connectivity index (χ0) is 20.7. The number of aromatic nitrogens is 1. The van der Waals surface area contributed by atoms with Gasteiger partial charge in [0.05, 0.1) is 11.0 Å². The van der Waals surface area contributed by atoms with Gasteiger partial charge in [-0.2, -0.15) is 0 Å². The molecule has 1 N–H and O–H groups in total. The average Bonchev–Trinajstić information content (AvgIpc) is 3.17. The molecule has 0 bridgehead atoms. The van der Waals surface area contributed by atoms with Crippen molar-refractivity contribution in [3.05, 3.63) is 111 Å². The van der Waals surface area contributed by atoms with E-state index < -0.39 is 4.92 Å². The summed E-state index contributed by atoms with van der Waals surface area (Å²) in [6, 6.07) is 23.5. The fourth-order valence-electron chi connectivity index (χ4n) is 4.33. The number of carbonyl (C=O) groups excluding carboxylic acids is 1. The van der Waals surface area contributed by atoms with E-state index in [0.717, 1.165) is 28.6 Å². The third-order valence-corrected chi connectivity index (χ3v) is 5.74. The molecule has 2 heterocycles. The number of carbonyl (C=O) groups is 1. The lowest BCUT2D eigenvalue weighted by Gasteiger charge is -2.36. The number of aromatic amines is 1. The first-order valence-corrected chi connectivity index (χ1v) is 9.83. The maximum absolute atomic E-state index is 13.4. The van der Waals surface area contributed by atoms with Gasteiger partial charge in [0, 0.05) is 40.8 Å². The highest BCUT2D eigenvalue weighted by Crippen LogP contribution is 2.39. The van der Waals surface area contributed by atoms with Crippen molar-refractivity contribution in [3.8, 4) is 0 Å². The van der Waals surface area contributed by atoms with Crippen molar-refractivity contribution in [3.63, 3.8) is 0 Å². The van der Waals surface area contributed by atoms with Gasteiger partial charge in [0.25, 0.3) is 11.6 Å². The maximum Gasteiger partial charge on any atom is 0.269 e. The van der Waals surface area contributed by atoms with Gasteiger partial charge in [-0.25, -0.2) is 0 Å². The minimum Gasteiger partial charge on any atom is -0.356 e. The molecule has 4 aromatic rings. The predicted octanol–water partition coefficient (Wildman–Crippen LogP) is 4.86. The number of H-pyrrole nitrogens is 1. The van der Waals surface area contributed by atoms with Crippen molar-refractivity contribution in [2.24, 2.45) is 0 Å². The second-order valence-electron chi connectivity index (χ2n) is 7.43. The molecule has 1 aliphatic heterocycles. The summed E-state index contributed by atoms with van der Waals surface area (Å²) in [5.74, 6) is -0.0525. The Hall–Kier alpha value is -3.93. The van der Waals surface area contributed by atoms with Gasteiger partial charge in [0.1, 0.15) is 0 Å². The number of nitro groups is 1. The molecule has 0 fully saturated rings. The number of rotatable bonds is 3. The zero-order valence-corrected chi connectivity index (χ0v) is 16.1. The Morgan fingerprint density at radius 1 is 0.967 bits per heavy atom. The Balaban J connectivity index is 1.65. The Labute approximate surface area is 172 Å². The van der Waals surface area contributed by atoms with Crippen molar-refractivity contribution < 1.29 is 9.72 Å². The first-order chi connectivity index (χ1) is 14.6. The number of hydrogen-bond donors (Lipinski definition) is 1. The molecule has 148 valence electrons. The Morgan fingerprint density at radius 2 is 1.67 bits per heavy atom. The first kappa shape index (κ1) is 18.1.